The first-order chi connectivity index (χ1) is 10.8. The van der Waals surface area contributed by atoms with Crippen molar-refractivity contribution < 1.29 is 4.74 Å². The van der Waals surface area contributed by atoms with E-state index in [1.54, 1.807) is 10.9 Å². The molecule has 0 bridgehead atoms. The van der Waals surface area contributed by atoms with Gasteiger partial charge in [0.1, 0.15) is 5.82 Å². The number of aromatic nitrogens is 4. The fourth-order valence-electron chi connectivity index (χ4n) is 2.55. The van der Waals surface area contributed by atoms with Crippen LogP contribution in [0.5, 0.6) is 0 Å². The maximum Gasteiger partial charge on any atom is 0.226 e. The van der Waals surface area contributed by atoms with Crippen molar-refractivity contribution in [1.29, 1.82) is 0 Å². The number of nitrogens with one attached hydrogen (secondary N) is 2. The Bertz CT molecular complexity index is 627. The van der Waals surface area contributed by atoms with E-state index in [4.69, 9.17) is 4.74 Å². The molecule has 128 valence electrons. The molecule has 3 rings (SSSR count). The average molecular weight is 342 g/mol. The van der Waals surface area contributed by atoms with Crippen LogP contribution in [-0.4, -0.2) is 70.6 Å². The Morgan fingerprint density at radius 1 is 1.22 bits per heavy atom. The number of rotatable bonds is 6. The lowest BCUT2D eigenvalue weighted by molar-refractivity contribution is 0.0398. The molecule has 1 aliphatic heterocycles. The quantitative estimate of drug-likeness (QED) is 0.810. The Hall–Kier alpha value is -1.64. The number of ether oxygens (including phenoxy) is 1. The van der Waals surface area contributed by atoms with Gasteiger partial charge in [-0.3, -0.25) is 9.58 Å². The molecule has 0 atom stereocenters. The van der Waals surface area contributed by atoms with Gasteiger partial charge in [0.2, 0.25) is 5.95 Å². The minimum absolute atomic E-state index is 0. The van der Waals surface area contributed by atoms with Crippen LogP contribution in [0.15, 0.2) is 6.20 Å². The fraction of sp³-hybridized carbons (Fsp3) is 0.643. The first-order valence-corrected chi connectivity index (χ1v) is 7.75. The summed E-state index contributed by atoms with van der Waals surface area (Å²) in [6, 6.07) is 0. The van der Waals surface area contributed by atoms with Crippen molar-refractivity contribution in [2.75, 3.05) is 56.6 Å². The number of anilines is 2. The lowest BCUT2D eigenvalue weighted by Gasteiger charge is -2.26. The summed E-state index contributed by atoms with van der Waals surface area (Å²) in [7, 11) is 1.89. The van der Waals surface area contributed by atoms with E-state index in [1.807, 2.05) is 7.05 Å². The highest BCUT2D eigenvalue weighted by atomic mass is 35.5. The molecule has 0 radical (unpaired) electrons. The number of halogens is 1. The van der Waals surface area contributed by atoms with E-state index in [9.17, 15) is 0 Å². The second kappa shape index (κ2) is 8.28. The molecule has 1 fully saturated rings. The molecular formula is C14H24ClN7O. The lowest BCUT2D eigenvalue weighted by Crippen LogP contribution is -2.39. The molecule has 1 saturated heterocycles. The number of aryl methyl sites for hydroxylation is 1. The van der Waals surface area contributed by atoms with E-state index >= 15 is 0 Å². The minimum Gasteiger partial charge on any atom is -0.379 e. The third kappa shape index (κ3) is 4.21. The van der Waals surface area contributed by atoms with Crippen LogP contribution in [0.3, 0.4) is 0 Å². The highest BCUT2D eigenvalue weighted by Crippen LogP contribution is 2.20. The summed E-state index contributed by atoms with van der Waals surface area (Å²) in [5.41, 5.74) is 0.833. The van der Waals surface area contributed by atoms with E-state index in [0.29, 0.717) is 5.95 Å². The van der Waals surface area contributed by atoms with Crippen molar-refractivity contribution in [1.82, 2.24) is 24.6 Å². The molecule has 2 N–H and O–H groups in total. The van der Waals surface area contributed by atoms with Gasteiger partial charge in [0.15, 0.2) is 5.65 Å². The van der Waals surface area contributed by atoms with Gasteiger partial charge in [-0.1, -0.05) is 0 Å². The van der Waals surface area contributed by atoms with Crippen LogP contribution in [0, 0.1) is 0 Å². The van der Waals surface area contributed by atoms with Crippen LogP contribution >= 0.6 is 12.4 Å². The number of hydrogen-bond donors (Lipinski definition) is 2. The van der Waals surface area contributed by atoms with Crippen molar-refractivity contribution in [3.05, 3.63) is 6.20 Å². The average Bonchev–Trinajstić information content (AvgIpc) is 2.91. The number of hydrogen-bond acceptors (Lipinski definition) is 7. The van der Waals surface area contributed by atoms with Gasteiger partial charge in [-0.2, -0.15) is 15.1 Å². The molecule has 0 unspecified atom stereocenters. The van der Waals surface area contributed by atoms with Crippen LogP contribution in [0.25, 0.3) is 11.0 Å². The van der Waals surface area contributed by atoms with Crippen LogP contribution in [0.2, 0.25) is 0 Å². The Labute approximate surface area is 142 Å². The topological polar surface area (TPSA) is 80.1 Å². The van der Waals surface area contributed by atoms with Crippen molar-refractivity contribution >= 4 is 35.2 Å². The summed E-state index contributed by atoms with van der Waals surface area (Å²) in [6.07, 6.45) is 1.80. The Morgan fingerprint density at radius 3 is 2.74 bits per heavy atom. The molecule has 0 aliphatic carbocycles. The molecule has 8 nitrogen and oxygen atoms in total. The minimum atomic E-state index is 0. The monoisotopic (exact) mass is 341 g/mol. The van der Waals surface area contributed by atoms with Crippen LogP contribution in [-0.2, 0) is 11.8 Å². The number of morpholine rings is 1. The van der Waals surface area contributed by atoms with E-state index < -0.39 is 0 Å². The second-order valence-electron chi connectivity index (χ2n) is 5.31. The maximum absolute atomic E-state index is 5.35. The van der Waals surface area contributed by atoms with E-state index in [2.05, 4.69) is 37.5 Å². The maximum atomic E-state index is 5.35. The normalized spacial score (nSPS) is 15.4. The predicted molar refractivity (Wildman–Crippen MR) is 93.5 cm³/mol. The summed E-state index contributed by atoms with van der Waals surface area (Å²) < 4.78 is 7.12. The summed E-state index contributed by atoms with van der Waals surface area (Å²) in [6.45, 7) is 8.27. The van der Waals surface area contributed by atoms with Crippen molar-refractivity contribution in [2.24, 2.45) is 7.05 Å². The SMILES string of the molecule is CCNc1nc(NCCN2CCOCC2)nc2c1cnn2C.Cl. The van der Waals surface area contributed by atoms with Gasteiger partial charge >= 0.3 is 0 Å². The van der Waals surface area contributed by atoms with E-state index in [1.165, 1.54) is 0 Å². The zero-order valence-electron chi connectivity index (χ0n) is 13.6. The molecule has 0 saturated carbocycles. The summed E-state index contributed by atoms with van der Waals surface area (Å²) in [4.78, 5) is 11.5. The zero-order chi connectivity index (χ0) is 15.4. The largest absolute Gasteiger partial charge is 0.379 e. The second-order valence-corrected chi connectivity index (χ2v) is 5.31. The fourth-order valence-corrected chi connectivity index (χ4v) is 2.55. The Balaban J connectivity index is 0.00000192. The zero-order valence-corrected chi connectivity index (χ0v) is 14.4. The van der Waals surface area contributed by atoms with Gasteiger partial charge in [0.25, 0.3) is 0 Å². The molecule has 0 spiro atoms. The lowest BCUT2D eigenvalue weighted by atomic mass is 10.4. The smallest absolute Gasteiger partial charge is 0.226 e. The van der Waals surface area contributed by atoms with E-state index in [-0.39, 0.29) is 12.4 Å². The van der Waals surface area contributed by atoms with Crippen LogP contribution in [0.4, 0.5) is 11.8 Å². The van der Waals surface area contributed by atoms with Crippen molar-refractivity contribution in [3.63, 3.8) is 0 Å². The van der Waals surface area contributed by atoms with Gasteiger partial charge in [0, 0.05) is 39.8 Å². The third-order valence-electron chi connectivity index (χ3n) is 3.75. The third-order valence-corrected chi connectivity index (χ3v) is 3.75. The standard InChI is InChI=1S/C14H23N7O.ClH/c1-3-15-12-11-10-17-20(2)13(11)19-14(18-12)16-4-5-21-6-8-22-9-7-21;/h10H,3-9H2,1-2H3,(H2,15,16,18,19);1H. The number of nitrogens with zero attached hydrogens (tertiary/aromatic N) is 5. The van der Waals surface area contributed by atoms with Gasteiger partial charge in [-0.15, -0.1) is 12.4 Å². The molecule has 1 aliphatic rings. The van der Waals surface area contributed by atoms with Gasteiger partial charge in [-0.25, -0.2) is 0 Å². The molecule has 9 heteroatoms. The molecular weight excluding hydrogens is 318 g/mol. The highest BCUT2D eigenvalue weighted by Gasteiger charge is 2.12. The molecule has 0 amide bonds. The summed E-state index contributed by atoms with van der Waals surface area (Å²) >= 11 is 0. The van der Waals surface area contributed by atoms with Crippen molar-refractivity contribution in [3.8, 4) is 0 Å². The van der Waals surface area contributed by atoms with Crippen LogP contribution < -0.4 is 10.6 Å². The number of fused-ring (bicyclic) bond motifs is 1. The molecule has 23 heavy (non-hydrogen) atoms. The van der Waals surface area contributed by atoms with Gasteiger partial charge in [-0.05, 0) is 6.92 Å². The first-order valence-electron chi connectivity index (χ1n) is 7.75. The van der Waals surface area contributed by atoms with Crippen molar-refractivity contribution in [2.45, 2.75) is 6.92 Å². The summed E-state index contributed by atoms with van der Waals surface area (Å²) in [5, 5.41) is 11.8. The molecule has 0 aromatic carbocycles. The highest BCUT2D eigenvalue weighted by molar-refractivity contribution is 5.87. The predicted octanol–water partition coefficient (Wildman–Crippen LogP) is 0.961. The van der Waals surface area contributed by atoms with Crippen LogP contribution in [0.1, 0.15) is 6.92 Å². The Morgan fingerprint density at radius 2 is 2.00 bits per heavy atom. The molecule has 2 aromatic rings. The van der Waals surface area contributed by atoms with E-state index in [0.717, 1.165) is 62.8 Å². The Kier molecular flexibility index (Phi) is 6.37. The first kappa shape index (κ1) is 17.7. The summed E-state index contributed by atoms with van der Waals surface area (Å²) in [5.74, 6) is 1.47. The molecule has 3 heterocycles. The molecule has 2 aromatic heterocycles. The van der Waals surface area contributed by atoms with Gasteiger partial charge < -0.3 is 15.4 Å². The van der Waals surface area contributed by atoms with Gasteiger partial charge in [0.05, 0.1) is 24.8 Å².